The molecule has 1 nitrogen and oxygen atoms in total. The molecule has 1 rings (SSSR count). The van der Waals surface area contributed by atoms with Gasteiger partial charge in [-0.15, -0.1) is 0 Å². The molecule has 0 fully saturated rings. The van der Waals surface area contributed by atoms with Gasteiger partial charge in [-0.25, -0.2) is 0 Å². The van der Waals surface area contributed by atoms with Crippen molar-refractivity contribution in [3.63, 3.8) is 0 Å². The summed E-state index contributed by atoms with van der Waals surface area (Å²) in [7, 11) is 0. The molecule has 0 unspecified atom stereocenters. The van der Waals surface area contributed by atoms with Crippen molar-refractivity contribution in [1.82, 2.24) is 0 Å². The topological polar surface area (TPSA) is 20.2 Å². The van der Waals surface area contributed by atoms with Crippen LogP contribution in [0.1, 0.15) is 19.4 Å². The van der Waals surface area contributed by atoms with Gasteiger partial charge in [0.15, 0.2) is 0 Å². The van der Waals surface area contributed by atoms with Crippen LogP contribution in [-0.2, 0) is 6.42 Å². The van der Waals surface area contributed by atoms with E-state index >= 15 is 0 Å². The van der Waals surface area contributed by atoms with Crippen molar-refractivity contribution in [2.24, 2.45) is 0 Å². The Bertz CT molecular complexity index is 288. The zero-order valence-corrected chi connectivity index (χ0v) is 7.54. The quantitative estimate of drug-likeness (QED) is 0.642. The van der Waals surface area contributed by atoms with E-state index in [-0.39, 0.29) is 0 Å². The molecular weight excluding hydrogens is 147 g/mol. The summed E-state index contributed by atoms with van der Waals surface area (Å²) in [6.45, 7) is 5.59. The first-order valence-corrected chi connectivity index (χ1v) is 4.19. The van der Waals surface area contributed by atoms with Gasteiger partial charge in [-0.1, -0.05) is 0 Å². The van der Waals surface area contributed by atoms with Crippen molar-refractivity contribution >= 4 is 18.0 Å². The average molecular weight is 160 g/mol. The van der Waals surface area contributed by atoms with E-state index in [0.29, 0.717) is 5.65 Å². The fourth-order valence-corrected chi connectivity index (χ4v) is 1.22. The van der Waals surface area contributed by atoms with Crippen LogP contribution in [0.2, 0.25) is 0 Å². The molecule has 1 aromatic carbocycles. The van der Waals surface area contributed by atoms with E-state index in [1.807, 2.05) is 18.2 Å². The van der Waals surface area contributed by atoms with Gasteiger partial charge in [0.25, 0.3) is 0 Å². The molecule has 0 bridgehead atoms. The van der Waals surface area contributed by atoms with Gasteiger partial charge in [-0.05, 0) is 0 Å². The van der Waals surface area contributed by atoms with Gasteiger partial charge in [0.2, 0.25) is 0 Å². The first-order chi connectivity index (χ1) is 5.74. The number of aliphatic hydroxyl groups is 1. The predicted octanol–water partition coefficient (Wildman–Crippen LogP) is 1.10. The number of rotatable bonds is 2. The first-order valence-electron chi connectivity index (χ1n) is 4.19. The Kier molecular flexibility index (Phi) is 3.09. The SMILES string of the molecule is CCc1ccccc1/B=C(\C)O. The number of aryl methyl sites for hydroxylation is 1. The Morgan fingerprint density at radius 2 is 2.08 bits per heavy atom. The van der Waals surface area contributed by atoms with Crippen molar-refractivity contribution in [3.8, 4) is 0 Å². The van der Waals surface area contributed by atoms with Crippen LogP contribution in [0.3, 0.4) is 0 Å². The average Bonchev–Trinajstić information content (AvgIpc) is 2.04. The zero-order valence-electron chi connectivity index (χ0n) is 7.54. The van der Waals surface area contributed by atoms with Gasteiger partial charge >= 0.3 is 73.2 Å². The van der Waals surface area contributed by atoms with Gasteiger partial charge in [0, 0.05) is 0 Å². The summed E-state index contributed by atoms with van der Waals surface area (Å²) in [5.41, 5.74) is 2.74. The summed E-state index contributed by atoms with van der Waals surface area (Å²) in [6.07, 6.45) is 1.000. The molecule has 1 N–H and O–H groups in total. The van der Waals surface area contributed by atoms with Crippen molar-refractivity contribution in [2.45, 2.75) is 20.3 Å². The third kappa shape index (κ3) is 2.23. The van der Waals surface area contributed by atoms with Gasteiger partial charge in [0.1, 0.15) is 0 Å². The number of hydrogen-bond acceptors (Lipinski definition) is 1. The van der Waals surface area contributed by atoms with Crippen LogP contribution < -0.4 is 5.46 Å². The second kappa shape index (κ2) is 4.10. The van der Waals surface area contributed by atoms with E-state index in [9.17, 15) is 0 Å². The fraction of sp³-hybridized carbons (Fsp3) is 0.300. The zero-order chi connectivity index (χ0) is 8.97. The Labute approximate surface area is 74.0 Å². The second-order valence-electron chi connectivity index (χ2n) is 2.84. The molecule has 0 atom stereocenters. The molecule has 0 aliphatic heterocycles. The minimum atomic E-state index is 0.357. The van der Waals surface area contributed by atoms with E-state index < -0.39 is 0 Å². The summed E-state index contributed by atoms with van der Waals surface area (Å²) < 4.78 is 0. The van der Waals surface area contributed by atoms with E-state index in [1.165, 1.54) is 5.56 Å². The molecule has 12 heavy (non-hydrogen) atoms. The van der Waals surface area contributed by atoms with E-state index in [1.54, 1.807) is 13.8 Å². The Morgan fingerprint density at radius 1 is 1.42 bits per heavy atom. The normalized spacial score (nSPS) is 11.0. The molecule has 2 heteroatoms. The molecule has 0 amide bonds. The number of benzene rings is 1. The summed E-state index contributed by atoms with van der Waals surface area (Å²) in [4.78, 5) is 0. The second-order valence-corrected chi connectivity index (χ2v) is 2.84. The summed E-state index contributed by atoms with van der Waals surface area (Å²) in [5.74, 6) is 0. The molecule has 62 valence electrons. The molecule has 0 radical (unpaired) electrons. The van der Waals surface area contributed by atoms with Crippen molar-refractivity contribution < 1.29 is 5.11 Å². The maximum atomic E-state index is 9.09. The van der Waals surface area contributed by atoms with Crippen LogP contribution in [-0.4, -0.2) is 17.7 Å². The van der Waals surface area contributed by atoms with E-state index in [0.717, 1.165) is 11.9 Å². The third-order valence-corrected chi connectivity index (χ3v) is 1.80. The van der Waals surface area contributed by atoms with Crippen LogP contribution in [0.15, 0.2) is 24.3 Å². The third-order valence-electron chi connectivity index (χ3n) is 1.80. The van der Waals surface area contributed by atoms with Crippen LogP contribution in [0.4, 0.5) is 0 Å². The predicted molar refractivity (Wildman–Crippen MR) is 53.8 cm³/mol. The maximum absolute atomic E-state index is 9.09. The van der Waals surface area contributed by atoms with Crippen molar-refractivity contribution in [3.05, 3.63) is 29.8 Å². The van der Waals surface area contributed by atoms with Crippen LogP contribution in [0, 0.1) is 0 Å². The standard InChI is InChI=1S/C10H13BO/c1-3-9-6-4-5-7-10(9)11-8(2)12/h4-7,12H,3H2,1-2H3. The van der Waals surface area contributed by atoms with Crippen LogP contribution in [0.5, 0.6) is 0 Å². The molecule has 0 heterocycles. The van der Waals surface area contributed by atoms with Crippen molar-refractivity contribution in [2.75, 3.05) is 0 Å². The molecule has 0 aromatic heterocycles. The van der Waals surface area contributed by atoms with Gasteiger partial charge in [-0.3, -0.25) is 0 Å². The monoisotopic (exact) mass is 160 g/mol. The molecule has 0 saturated heterocycles. The molecule has 1 aromatic rings. The Balaban J connectivity index is 3.05. The van der Waals surface area contributed by atoms with Crippen molar-refractivity contribution in [1.29, 1.82) is 0 Å². The molecule has 0 spiro atoms. The number of hydrogen-bond donors (Lipinski definition) is 1. The van der Waals surface area contributed by atoms with Crippen LogP contribution in [0.25, 0.3) is 0 Å². The first kappa shape index (κ1) is 9.05. The fourth-order valence-electron chi connectivity index (χ4n) is 1.22. The van der Waals surface area contributed by atoms with Gasteiger partial charge in [-0.2, -0.15) is 0 Å². The summed E-state index contributed by atoms with van der Waals surface area (Å²) >= 11 is 0. The summed E-state index contributed by atoms with van der Waals surface area (Å²) in [5, 5.41) is 9.09. The Morgan fingerprint density at radius 3 is 2.67 bits per heavy atom. The number of aliphatic hydroxyl groups excluding tert-OH is 1. The molecule has 0 aliphatic rings. The Hall–Kier alpha value is -1.05. The molecule has 0 aliphatic carbocycles. The van der Waals surface area contributed by atoms with E-state index in [4.69, 9.17) is 5.11 Å². The molecule has 0 saturated carbocycles. The molecular formula is C10H13BO. The summed E-state index contributed by atoms with van der Waals surface area (Å²) in [6, 6.07) is 8.09. The van der Waals surface area contributed by atoms with Gasteiger partial charge in [0.05, 0.1) is 0 Å². The minimum absolute atomic E-state index is 0.357. The van der Waals surface area contributed by atoms with Crippen LogP contribution >= 0.6 is 0 Å². The van der Waals surface area contributed by atoms with Gasteiger partial charge < -0.3 is 0 Å². The van der Waals surface area contributed by atoms with E-state index in [2.05, 4.69) is 13.0 Å².